The summed E-state index contributed by atoms with van der Waals surface area (Å²) in [5, 5.41) is 17.6. The first-order valence-corrected chi connectivity index (χ1v) is 4.96. The van der Waals surface area contributed by atoms with Crippen molar-refractivity contribution in [2.24, 2.45) is 5.41 Å². The average molecular weight is 220 g/mol. The molecule has 2 fully saturated rings. The van der Waals surface area contributed by atoms with Crippen molar-refractivity contribution in [3.8, 4) is 0 Å². The van der Waals surface area contributed by atoms with Crippen LogP contribution >= 0.6 is 0 Å². The molecule has 0 aromatic heterocycles. The van der Waals surface area contributed by atoms with Gasteiger partial charge in [-0.2, -0.15) is 0 Å². The molecule has 0 amide bonds. The van der Waals surface area contributed by atoms with E-state index in [1.54, 1.807) is 0 Å². The first kappa shape index (κ1) is 11.3. The molecule has 0 unspecified atom stereocenters. The van der Waals surface area contributed by atoms with E-state index in [4.69, 9.17) is 29.2 Å². The van der Waals surface area contributed by atoms with Gasteiger partial charge in [-0.25, -0.2) is 0 Å². The average Bonchev–Trinajstić information content (AvgIpc) is 2.31. The highest BCUT2D eigenvalue weighted by Gasteiger charge is 2.41. The van der Waals surface area contributed by atoms with Gasteiger partial charge in [0.05, 0.1) is 45.1 Å². The molecule has 2 N–H and O–H groups in total. The maximum absolute atomic E-state index is 8.81. The van der Waals surface area contributed by atoms with Crippen molar-refractivity contribution in [2.45, 2.75) is 12.6 Å². The topological polar surface area (TPSA) is 77.4 Å². The third kappa shape index (κ3) is 2.47. The van der Waals surface area contributed by atoms with Crippen LogP contribution in [0.25, 0.3) is 0 Å². The lowest BCUT2D eigenvalue weighted by molar-refractivity contribution is -0.310. The summed E-state index contributed by atoms with van der Waals surface area (Å²) in [7, 11) is 0. The van der Waals surface area contributed by atoms with Gasteiger partial charge in [-0.1, -0.05) is 0 Å². The van der Waals surface area contributed by atoms with Gasteiger partial charge in [-0.15, -0.1) is 0 Å². The van der Waals surface area contributed by atoms with Crippen molar-refractivity contribution >= 4 is 0 Å². The van der Waals surface area contributed by atoms with Gasteiger partial charge in [0, 0.05) is 0 Å². The summed E-state index contributed by atoms with van der Waals surface area (Å²) in [6.45, 7) is 1.48. The predicted molar refractivity (Wildman–Crippen MR) is 48.0 cm³/mol. The van der Waals surface area contributed by atoms with Crippen molar-refractivity contribution in [3.05, 3.63) is 0 Å². The lowest BCUT2D eigenvalue weighted by Crippen LogP contribution is -2.53. The molecule has 6 nitrogen and oxygen atoms in total. The van der Waals surface area contributed by atoms with Crippen LogP contribution in [0.15, 0.2) is 0 Å². The Balaban J connectivity index is 1.83. The fourth-order valence-electron chi connectivity index (χ4n) is 1.64. The summed E-state index contributed by atoms with van der Waals surface area (Å²) in [5.74, 6) is 0. The van der Waals surface area contributed by atoms with Gasteiger partial charge in [0.15, 0.2) is 12.6 Å². The van der Waals surface area contributed by atoms with Crippen LogP contribution in [0.4, 0.5) is 0 Å². The van der Waals surface area contributed by atoms with Gasteiger partial charge < -0.3 is 29.2 Å². The van der Waals surface area contributed by atoms with Crippen molar-refractivity contribution in [1.29, 1.82) is 0 Å². The number of hydrogen-bond donors (Lipinski definition) is 2. The molecule has 2 heterocycles. The van der Waals surface area contributed by atoms with Gasteiger partial charge in [-0.05, 0) is 0 Å². The Morgan fingerprint density at radius 1 is 0.800 bits per heavy atom. The maximum Gasteiger partial charge on any atom is 0.180 e. The summed E-state index contributed by atoms with van der Waals surface area (Å²) in [5.41, 5.74) is -0.294. The molecular weight excluding hydrogens is 204 g/mol. The lowest BCUT2D eigenvalue weighted by Gasteiger charge is -2.43. The van der Waals surface area contributed by atoms with Crippen molar-refractivity contribution in [2.75, 3.05) is 39.6 Å². The van der Waals surface area contributed by atoms with Gasteiger partial charge >= 0.3 is 0 Å². The molecule has 0 aliphatic carbocycles. The zero-order chi connectivity index (χ0) is 10.7. The molecule has 88 valence electrons. The molecule has 0 atom stereocenters. The number of hydrogen-bond acceptors (Lipinski definition) is 6. The first-order chi connectivity index (χ1) is 7.28. The molecule has 0 saturated carbocycles. The minimum atomic E-state index is -0.536. The van der Waals surface area contributed by atoms with Gasteiger partial charge in [0.2, 0.25) is 0 Å². The van der Waals surface area contributed by atoms with E-state index in [2.05, 4.69) is 0 Å². The van der Waals surface area contributed by atoms with Crippen LogP contribution < -0.4 is 0 Å². The molecule has 0 aromatic rings. The Labute approximate surface area is 87.7 Å². The normalized spacial score (nSPS) is 42.0. The molecule has 0 bridgehead atoms. The van der Waals surface area contributed by atoms with E-state index in [1.165, 1.54) is 0 Å². The second-order valence-electron chi connectivity index (χ2n) is 3.97. The Kier molecular flexibility index (Phi) is 3.55. The van der Waals surface area contributed by atoms with Crippen LogP contribution in [0.1, 0.15) is 0 Å². The van der Waals surface area contributed by atoms with Crippen LogP contribution in [0.2, 0.25) is 0 Å². The standard InChI is InChI=1S/C9H16O6/c10-1-7-12-3-9(4-13-7)5-14-8(2-11)15-6-9/h7-8,10-11H,1-6H2. The van der Waals surface area contributed by atoms with Gasteiger partial charge in [-0.3, -0.25) is 0 Å². The first-order valence-electron chi connectivity index (χ1n) is 4.96. The number of ether oxygens (including phenoxy) is 4. The van der Waals surface area contributed by atoms with Crippen LogP contribution in [-0.2, 0) is 18.9 Å². The quantitative estimate of drug-likeness (QED) is 0.602. The molecule has 0 aromatic carbocycles. The minimum Gasteiger partial charge on any atom is -0.391 e. The third-order valence-corrected chi connectivity index (χ3v) is 2.60. The maximum atomic E-state index is 8.81. The van der Waals surface area contributed by atoms with Crippen LogP contribution in [0, 0.1) is 5.41 Å². The zero-order valence-electron chi connectivity index (χ0n) is 8.42. The summed E-state index contributed by atoms with van der Waals surface area (Å²) >= 11 is 0. The van der Waals surface area contributed by atoms with E-state index >= 15 is 0 Å². The van der Waals surface area contributed by atoms with Crippen LogP contribution in [0.5, 0.6) is 0 Å². The largest absolute Gasteiger partial charge is 0.391 e. The van der Waals surface area contributed by atoms with Gasteiger partial charge in [0.25, 0.3) is 0 Å². The van der Waals surface area contributed by atoms with Crippen molar-refractivity contribution < 1.29 is 29.2 Å². The minimum absolute atomic E-state index is 0.142. The third-order valence-electron chi connectivity index (χ3n) is 2.60. The fraction of sp³-hybridized carbons (Fsp3) is 1.00. The Morgan fingerprint density at radius 2 is 1.13 bits per heavy atom. The van der Waals surface area contributed by atoms with E-state index in [9.17, 15) is 0 Å². The highest BCUT2D eigenvalue weighted by molar-refractivity contribution is 4.84. The van der Waals surface area contributed by atoms with Crippen molar-refractivity contribution in [1.82, 2.24) is 0 Å². The van der Waals surface area contributed by atoms with E-state index in [0.29, 0.717) is 26.4 Å². The smallest absolute Gasteiger partial charge is 0.180 e. The number of aliphatic hydroxyl groups is 2. The Hall–Kier alpha value is -0.240. The Morgan fingerprint density at radius 3 is 1.40 bits per heavy atom. The molecule has 1 spiro atoms. The highest BCUT2D eigenvalue weighted by atomic mass is 16.7. The van der Waals surface area contributed by atoms with E-state index in [0.717, 1.165) is 0 Å². The lowest BCUT2D eigenvalue weighted by atomic mass is 9.91. The highest BCUT2D eigenvalue weighted by Crippen LogP contribution is 2.29. The van der Waals surface area contributed by atoms with Gasteiger partial charge in [0.1, 0.15) is 0 Å². The summed E-state index contributed by atoms with van der Waals surface area (Å²) < 4.78 is 21.2. The molecular formula is C9H16O6. The second-order valence-corrected chi connectivity index (χ2v) is 3.97. The Bertz CT molecular complexity index is 167. The number of rotatable bonds is 2. The molecule has 0 radical (unpaired) electrons. The molecule has 2 rings (SSSR count). The predicted octanol–water partition coefficient (Wildman–Crippen LogP) is -1.30. The molecule has 2 aliphatic rings. The second kappa shape index (κ2) is 4.73. The van der Waals surface area contributed by atoms with Crippen molar-refractivity contribution in [3.63, 3.8) is 0 Å². The summed E-state index contributed by atoms with van der Waals surface area (Å²) in [6.07, 6.45) is -1.07. The molecule has 2 aliphatic heterocycles. The SMILES string of the molecule is OCC1OCC2(CO1)COC(CO)OC2. The summed E-state index contributed by atoms with van der Waals surface area (Å²) in [6, 6.07) is 0. The molecule has 6 heteroatoms. The monoisotopic (exact) mass is 220 g/mol. The molecule has 2 saturated heterocycles. The van der Waals surface area contributed by atoms with E-state index < -0.39 is 12.6 Å². The van der Waals surface area contributed by atoms with Crippen LogP contribution in [0.3, 0.4) is 0 Å². The van der Waals surface area contributed by atoms with E-state index in [-0.39, 0.29) is 18.6 Å². The molecule has 15 heavy (non-hydrogen) atoms. The zero-order valence-corrected chi connectivity index (χ0v) is 8.42. The summed E-state index contributed by atoms with van der Waals surface area (Å²) in [4.78, 5) is 0. The fourth-order valence-corrected chi connectivity index (χ4v) is 1.64. The van der Waals surface area contributed by atoms with Crippen LogP contribution in [-0.4, -0.2) is 62.4 Å². The number of aliphatic hydroxyl groups excluding tert-OH is 2. The van der Waals surface area contributed by atoms with E-state index in [1.807, 2.05) is 0 Å².